The molecule has 0 spiro atoms. The standard InChI is InChI=1S/C13H17N3O2S3/c1-8-15-11(7-19-8)12-4-5-13(20-12)21(17,18)16-10(6-14)9-2-3-9/h4-5,7,9-10,16H,2-3,6,14H2,1H3. The molecule has 0 aliphatic heterocycles. The number of nitrogens with one attached hydrogen (secondary N) is 1. The van der Waals surface area contributed by atoms with Gasteiger partial charge in [0, 0.05) is 18.0 Å². The molecule has 1 unspecified atom stereocenters. The lowest BCUT2D eigenvalue weighted by Gasteiger charge is -2.15. The van der Waals surface area contributed by atoms with Crippen LogP contribution < -0.4 is 10.5 Å². The van der Waals surface area contributed by atoms with E-state index in [0.29, 0.717) is 16.7 Å². The molecule has 0 saturated heterocycles. The van der Waals surface area contributed by atoms with E-state index >= 15 is 0 Å². The lowest BCUT2D eigenvalue weighted by molar-refractivity contribution is 0.520. The van der Waals surface area contributed by atoms with Gasteiger partial charge in [-0.05, 0) is 37.8 Å². The first-order chi connectivity index (χ1) is 9.99. The molecular weight excluding hydrogens is 326 g/mol. The smallest absolute Gasteiger partial charge is 0.250 e. The molecule has 0 radical (unpaired) electrons. The Hall–Kier alpha value is -0.800. The van der Waals surface area contributed by atoms with E-state index in [2.05, 4.69) is 9.71 Å². The number of aryl methyl sites for hydroxylation is 1. The van der Waals surface area contributed by atoms with Gasteiger partial charge in [0.25, 0.3) is 0 Å². The van der Waals surface area contributed by atoms with Crippen molar-refractivity contribution < 1.29 is 8.42 Å². The summed E-state index contributed by atoms with van der Waals surface area (Å²) < 4.78 is 27.9. The largest absolute Gasteiger partial charge is 0.329 e. The summed E-state index contributed by atoms with van der Waals surface area (Å²) in [7, 11) is -3.49. The number of hydrogen-bond donors (Lipinski definition) is 2. The lowest BCUT2D eigenvalue weighted by atomic mass is 10.2. The predicted molar refractivity (Wildman–Crippen MR) is 86.1 cm³/mol. The van der Waals surface area contributed by atoms with Crippen molar-refractivity contribution in [2.75, 3.05) is 6.54 Å². The van der Waals surface area contributed by atoms with Crippen LogP contribution in [0.15, 0.2) is 21.7 Å². The van der Waals surface area contributed by atoms with Crippen LogP contribution in [0.25, 0.3) is 10.6 Å². The molecule has 8 heteroatoms. The van der Waals surface area contributed by atoms with Crippen LogP contribution in [0.1, 0.15) is 17.8 Å². The zero-order chi connectivity index (χ0) is 15.0. The summed E-state index contributed by atoms with van der Waals surface area (Å²) in [5.74, 6) is 0.394. The molecule has 1 saturated carbocycles. The fraction of sp³-hybridized carbons (Fsp3) is 0.462. The molecular formula is C13H17N3O2S3. The van der Waals surface area contributed by atoms with Gasteiger partial charge in [0.05, 0.1) is 15.6 Å². The van der Waals surface area contributed by atoms with Crippen molar-refractivity contribution in [1.29, 1.82) is 0 Å². The summed E-state index contributed by atoms with van der Waals surface area (Å²) in [6, 6.07) is 3.29. The topological polar surface area (TPSA) is 85.1 Å². The Bertz CT molecular complexity index is 731. The number of nitrogens with two attached hydrogens (primary N) is 1. The molecule has 2 heterocycles. The number of aromatic nitrogens is 1. The van der Waals surface area contributed by atoms with Gasteiger partial charge >= 0.3 is 0 Å². The van der Waals surface area contributed by atoms with Crippen molar-refractivity contribution >= 4 is 32.7 Å². The van der Waals surface area contributed by atoms with Crippen LogP contribution in [0.2, 0.25) is 0 Å². The Balaban J connectivity index is 1.81. The van der Waals surface area contributed by atoms with E-state index in [1.165, 1.54) is 11.3 Å². The zero-order valence-electron chi connectivity index (χ0n) is 11.6. The molecule has 1 aliphatic rings. The summed E-state index contributed by atoms with van der Waals surface area (Å²) in [6.07, 6.45) is 2.11. The third-order valence-corrected chi connectivity index (χ3v) is 7.33. The van der Waals surface area contributed by atoms with Crippen LogP contribution in [-0.2, 0) is 10.0 Å². The van der Waals surface area contributed by atoms with E-state index in [4.69, 9.17) is 5.73 Å². The molecule has 114 valence electrons. The van der Waals surface area contributed by atoms with Gasteiger partial charge in [-0.3, -0.25) is 0 Å². The minimum Gasteiger partial charge on any atom is -0.329 e. The molecule has 1 aliphatic carbocycles. The monoisotopic (exact) mass is 343 g/mol. The second kappa shape index (κ2) is 5.77. The van der Waals surface area contributed by atoms with Crippen molar-refractivity contribution in [2.24, 2.45) is 11.7 Å². The van der Waals surface area contributed by atoms with E-state index in [9.17, 15) is 8.42 Å². The van der Waals surface area contributed by atoms with Crippen LogP contribution in [-0.4, -0.2) is 26.0 Å². The van der Waals surface area contributed by atoms with E-state index in [0.717, 1.165) is 28.4 Å². The minimum absolute atomic E-state index is 0.151. The Kier molecular flexibility index (Phi) is 4.15. The molecule has 0 amide bonds. The second-order valence-electron chi connectivity index (χ2n) is 5.17. The maximum Gasteiger partial charge on any atom is 0.250 e. The van der Waals surface area contributed by atoms with Crippen molar-refractivity contribution in [3.05, 3.63) is 22.5 Å². The van der Waals surface area contributed by atoms with Gasteiger partial charge < -0.3 is 5.73 Å². The van der Waals surface area contributed by atoms with Crippen molar-refractivity contribution in [3.63, 3.8) is 0 Å². The molecule has 3 N–H and O–H groups in total. The number of nitrogens with zero attached hydrogens (tertiary/aromatic N) is 1. The SMILES string of the molecule is Cc1nc(-c2ccc(S(=O)(=O)NC(CN)C3CC3)s2)cs1. The lowest BCUT2D eigenvalue weighted by Crippen LogP contribution is -2.41. The zero-order valence-corrected chi connectivity index (χ0v) is 14.0. The number of rotatable bonds is 6. The molecule has 2 aromatic rings. The summed E-state index contributed by atoms with van der Waals surface area (Å²) in [4.78, 5) is 5.26. The quantitative estimate of drug-likeness (QED) is 0.842. The average molecular weight is 343 g/mol. The van der Waals surface area contributed by atoms with Crippen LogP contribution >= 0.6 is 22.7 Å². The van der Waals surface area contributed by atoms with Gasteiger partial charge in [-0.25, -0.2) is 18.1 Å². The normalized spacial score (nSPS) is 17.0. The number of hydrogen-bond acceptors (Lipinski definition) is 6. The van der Waals surface area contributed by atoms with Gasteiger partial charge in [0.15, 0.2) is 0 Å². The Morgan fingerprint density at radius 1 is 1.48 bits per heavy atom. The fourth-order valence-corrected chi connectivity index (χ4v) is 5.46. The predicted octanol–water partition coefficient (Wildman–Crippen LogP) is 2.20. The van der Waals surface area contributed by atoms with Crippen molar-refractivity contribution in [1.82, 2.24) is 9.71 Å². The second-order valence-corrected chi connectivity index (χ2v) is 9.26. The Labute approximate surface area is 132 Å². The molecule has 2 aromatic heterocycles. The van der Waals surface area contributed by atoms with Crippen LogP contribution in [0.4, 0.5) is 0 Å². The molecule has 0 bridgehead atoms. The van der Waals surface area contributed by atoms with Gasteiger partial charge in [-0.1, -0.05) is 0 Å². The molecule has 0 aromatic carbocycles. The highest BCUT2D eigenvalue weighted by Crippen LogP contribution is 2.34. The molecule has 1 fully saturated rings. The van der Waals surface area contributed by atoms with Crippen molar-refractivity contribution in [3.8, 4) is 10.6 Å². The molecule has 1 atom stereocenters. The van der Waals surface area contributed by atoms with Crippen molar-refractivity contribution in [2.45, 2.75) is 30.0 Å². The molecule has 21 heavy (non-hydrogen) atoms. The van der Waals surface area contributed by atoms with E-state index in [1.54, 1.807) is 17.4 Å². The van der Waals surface area contributed by atoms with E-state index < -0.39 is 10.0 Å². The number of thiophene rings is 1. The Morgan fingerprint density at radius 3 is 2.81 bits per heavy atom. The Morgan fingerprint density at radius 2 is 2.24 bits per heavy atom. The molecule has 5 nitrogen and oxygen atoms in total. The third-order valence-electron chi connectivity index (χ3n) is 3.47. The van der Waals surface area contributed by atoms with Gasteiger partial charge in [-0.2, -0.15) is 0 Å². The molecule has 3 rings (SSSR count). The first kappa shape index (κ1) is 15.1. The fourth-order valence-electron chi connectivity index (χ4n) is 2.17. The summed E-state index contributed by atoms with van der Waals surface area (Å²) >= 11 is 2.80. The highest BCUT2D eigenvalue weighted by Gasteiger charge is 2.33. The van der Waals surface area contributed by atoms with E-state index in [1.807, 2.05) is 18.4 Å². The van der Waals surface area contributed by atoms with Crippen LogP contribution in [0, 0.1) is 12.8 Å². The van der Waals surface area contributed by atoms with E-state index in [-0.39, 0.29) is 6.04 Å². The summed E-state index contributed by atoms with van der Waals surface area (Å²) in [6.45, 7) is 2.27. The number of sulfonamides is 1. The van der Waals surface area contributed by atoms with Gasteiger partial charge in [-0.15, -0.1) is 22.7 Å². The van der Waals surface area contributed by atoms with Gasteiger partial charge in [0.1, 0.15) is 4.21 Å². The maximum atomic E-state index is 12.4. The van der Waals surface area contributed by atoms with Gasteiger partial charge in [0.2, 0.25) is 10.0 Å². The van der Waals surface area contributed by atoms with Crippen LogP contribution in [0.5, 0.6) is 0 Å². The first-order valence-electron chi connectivity index (χ1n) is 6.74. The summed E-state index contributed by atoms with van der Waals surface area (Å²) in [5, 5.41) is 2.91. The highest BCUT2D eigenvalue weighted by molar-refractivity contribution is 7.91. The summed E-state index contributed by atoms with van der Waals surface area (Å²) in [5.41, 5.74) is 6.50. The highest BCUT2D eigenvalue weighted by atomic mass is 32.2. The van der Waals surface area contributed by atoms with Crippen LogP contribution in [0.3, 0.4) is 0 Å². The first-order valence-corrected chi connectivity index (χ1v) is 9.92. The average Bonchev–Trinajstić information content (AvgIpc) is 2.98. The number of thiazole rings is 1. The third kappa shape index (κ3) is 3.35. The minimum atomic E-state index is -3.49. The maximum absolute atomic E-state index is 12.4.